The predicted molar refractivity (Wildman–Crippen MR) is 71.0 cm³/mol. The third-order valence-corrected chi connectivity index (χ3v) is 2.55. The molecule has 0 aliphatic carbocycles. The van der Waals surface area contributed by atoms with Crippen LogP contribution in [0.3, 0.4) is 0 Å². The lowest BCUT2D eigenvalue weighted by molar-refractivity contribution is 0.627. The van der Waals surface area contributed by atoms with Crippen molar-refractivity contribution in [2.24, 2.45) is 0 Å². The fraction of sp³-hybridized carbons (Fsp3) is 0.167. The van der Waals surface area contributed by atoms with Crippen molar-refractivity contribution in [3.63, 3.8) is 0 Å². The van der Waals surface area contributed by atoms with Gasteiger partial charge in [-0.25, -0.2) is 9.37 Å². The van der Waals surface area contributed by atoms with Gasteiger partial charge in [-0.3, -0.25) is 0 Å². The normalized spacial score (nSPS) is 10.2. The van der Waals surface area contributed by atoms with Gasteiger partial charge in [-0.05, 0) is 30.7 Å². The number of nitrogens with one attached hydrogen (secondary N) is 2. The minimum Gasteiger partial charge on any atom is -0.357 e. The molecule has 1 aromatic heterocycles. The molecular formula is C12H12ClFN4. The van der Waals surface area contributed by atoms with E-state index in [1.54, 1.807) is 13.1 Å². The molecule has 1 aromatic carbocycles. The monoisotopic (exact) mass is 266 g/mol. The van der Waals surface area contributed by atoms with E-state index in [2.05, 4.69) is 20.6 Å². The summed E-state index contributed by atoms with van der Waals surface area (Å²) in [6.45, 7) is 1.81. The molecule has 0 bridgehead atoms. The maximum absolute atomic E-state index is 13.3. The molecule has 4 nitrogen and oxygen atoms in total. The van der Waals surface area contributed by atoms with Crippen LogP contribution in [0.5, 0.6) is 0 Å². The average molecular weight is 267 g/mol. The molecule has 2 N–H and O–H groups in total. The van der Waals surface area contributed by atoms with Crippen molar-refractivity contribution < 1.29 is 4.39 Å². The number of halogens is 2. The van der Waals surface area contributed by atoms with Gasteiger partial charge in [0.15, 0.2) is 5.82 Å². The first-order chi connectivity index (χ1) is 8.58. The van der Waals surface area contributed by atoms with Crippen molar-refractivity contribution in [2.45, 2.75) is 6.92 Å². The van der Waals surface area contributed by atoms with E-state index in [1.807, 2.05) is 6.92 Å². The highest BCUT2D eigenvalue weighted by Crippen LogP contribution is 2.24. The molecule has 0 spiro atoms. The van der Waals surface area contributed by atoms with Crippen LogP contribution in [-0.2, 0) is 0 Å². The van der Waals surface area contributed by atoms with Gasteiger partial charge in [0, 0.05) is 12.7 Å². The third kappa shape index (κ3) is 2.87. The number of benzene rings is 1. The van der Waals surface area contributed by atoms with Crippen LogP contribution in [0.2, 0.25) is 5.02 Å². The molecule has 0 atom stereocenters. The first-order valence-corrected chi connectivity index (χ1v) is 5.71. The molecule has 0 fully saturated rings. The molecule has 6 heteroatoms. The summed E-state index contributed by atoms with van der Waals surface area (Å²) in [7, 11) is 1.71. The zero-order valence-corrected chi connectivity index (χ0v) is 10.7. The summed E-state index contributed by atoms with van der Waals surface area (Å²) in [5.74, 6) is 0.563. The maximum atomic E-state index is 13.3. The number of rotatable bonds is 3. The van der Waals surface area contributed by atoms with E-state index in [-0.39, 0.29) is 5.82 Å². The standard InChI is InChI=1S/C12H12ClFN4/c1-7-3-8(14)5-9(4-7)17-11-10(13)6-16-12(15-2)18-11/h3-6H,1-2H3,(H2,15,16,17,18). The Balaban J connectivity index is 2.33. The lowest BCUT2D eigenvalue weighted by atomic mass is 10.2. The first-order valence-electron chi connectivity index (χ1n) is 5.33. The van der Waals surface area contributed by atoms with Gasteiger partial charge in [-0.1, -0.05) is 11.6 Å². The van der Waals surface area contributed by atoms with Crippen molar-refractivity contribution in [3.8, 4) is 0 Å². The van der Waals surface area contributed by atoms with Crippen LogP contribution in [0.25, 0.3) is 0 Å². The zero-order chi connectivity index (χ0) is 13.1. The van der Waals surface area contributed by atoms with Gasteiger partial charge >= 0.3 is 0 Å². The van der Waals surface area contributed by atoms with Gasteiger partial charge in [0.2, 0.25) is 5.95 Å². The Morgan fingerprint density at radius 3 is 2.72 bits per heavy atom. The van der Waals surface area contributed by atoms with E-state index in [0.717, 1.165) is 5.56 Å². The lowest BCUT2D eigenvalue weighted by Crippen LogP contribution is -2.01. The predicted octanol–water partition coefficient (Wildman–Crippen LogP) is 3.36. The molecular weight excluding hydrogens is 255 g/mol. The van der Waals surface area contributed by atoms with E-state index in [1.165, 1.54) is 18.3 Å². The third-order valence-electron chi connectivity index (χ3n) is 2.27. The maximum Gasteiger partial charge on any atom is 0.224 e. The second kappa shape index (κ2) is 5.18. The molecule has 0 unspecified atom stereocenters. The highest BCUT2D eigenvalue weighted by atomic mass is 35.5. The molecule has 0 saturated carbocycles. The summed E-state index contributed by atoms with van der Waals surface area (Å²) in [5, 5.41) is 6.14. The van der Waals surface area contributed by atoms with Crippen molar-refractivity contribution in [2.75, 3.05) is 17.7 Å². The molecule has 2 aromatic rings. The molecule has 94 valence electrons. The Bertz CT molecular complexity index is 554. The van der Waals surface area contributed by atoms with Crippen LogP contribution in [0.1, 0.15) is 5.56 Å². The molecule has 1 heterocycles. The Morgan fingerprint density at radius 2 is 2.06 bits per heavy atom. The fourth-order valence-electron chi connectivity index (χ4n) is 1.52. The van der Waals surface area contributed by atoms with Crippen molar-refractivity contribution >= 4 is 29.1 Å². The summed E-state index contributed by atoms with van der Waals surface area (Å²) < 4.78 is 13.3. The zero-order valence-electron chi connectivity index (χ0n) is 9.96. The van der Waals surface area contributed by atoms with E-state index >= 15 is 0 Å². The van der Waals surface area contributed by atoms with Crippen molar-refractivity contribution in [3.05, 3.63) is 40.8 Å². The minimum absolute atomic E-state index is 0.309. The number of aromatic nitrogens is 2. The molecule has 2 rings (SSSR count). The summed E-state index contributed by atoms with van der Waals surface area (Å²) in [5.41, 5.74) is 1.41. The van der Waals surface area contributed by atoms with Gasteiger partial charge in [0.25, 0.3) is 0 Å². The summed E-state index contributed by atoms with van der Waals surface area (Å²) >= 11 is 5.97. The van der Waals surface area contributed by atoms with E-state index in [9.17, 15) is 4.39 Å². The Morgan fingerprint density at radius 1 is 1.28 bits per heavy atom. The van der Waals surface area contributed by atoms with E-state index in [4.69, 9.17) is 11.6 Å². The van der Waals surface area contributed by atoms with E-state index in [0.29, 0.717) is 22.5 Å². The number of hydrogen-bond acceptors (Lipinski definition) is 4. The second-order valence-corrected chi connectivity index (χ2v) is 4.19. The topological polar surface area (TPSA) is 49.8 Å². The molecule has 0 aliphatic rings. The van der Waals surface area contributed by atoms with Crippen LogP contribution < -0.4 is 10.6 Å². The highest BCUT2D eigenvalue weighted by Gasteiger charge is 2.06. The average Bonchev–Trinajstić information content (AvgIpc) is 2.30. The summed E-state index contributed by atoms with van der Waals surface area (Å²) in [4.78, 5) is 8.12. The lowest BCUT2D eigenvalue weighted by Gasteiger charge is -2.09. The van der Waals surface area contributed by atoms with Crippen LogP contribution in [0.15, 0.2) is 24.4 Å². The van der Waals surface area contributed by atoms with Gasteiger partial charge in [0.05, 0.1) is 6.20 Å². The molecule has 0 saturated heterocycles. The van der Waals surface area contributed by atoms with Gasteiger partial charge < -0.3 is 10.6 Å². The van der Waals surface area contributed by atoms with Crippen molar-refractivity contribution in [1.82, 2.24) is 9.97 Å². The quantitative estimate of drug-likeness (QED) is 0.894. The number of nitrogens with zero attached hydrogens (tertiary/aromatic N) is 2. The van der Waals surface area contributed by atoms with Crippen LogP contribution in [0, 0.1) is 12.7 Å². The Labute approximate surface area is 109 Å². The number of hydrogen-bond donors (Lipinski definition) is 2. The SMILES string of the molecule is CNc1ncc(Cl)c(Nc2cc(C)cc(F)c2)n1. The number of aryl methyl sites for hydroxylation is 1. The second-order valence-electron chi connectivity index (χ2n) is 3.78. The van der Waals surface area contributed by atoms with Gasteiger partial charge in [-0.15, -0.1) is 0 Å². The van der Waals surface area contributed by atoms with Crippen LogP contribution in [0.4, 0.5) is 21.8 Å². The van der Waals surface area contributed by atoms with Crippen LogP contribution in [-0.4, -0.2) is 17.0 Å². The highest BCUT2D eigenvalue weighted by molar-refractivity contribution is 6.32. The van der Waals surface area contributed by atoms with Gasteiger partial charge in [-0.2, -0.15) is 4.98 Å². The van der Waals surface area contributed by atoms with E-state index < -0.39 is 0 Å². The molecule has 0 radical (unpaired) electrons. The molecule has 0 aliphatic heterocycles. The smallest absolute Gasteiger partial charge is 0.224 e. The van der Waals surface area contributed by atoms with Crippen molar-refractivity contribution in [1.29, 1.82) is 0 Å². The Kier molecular flexibility index (Phi) is 3.62. The minimum atomic E-state index is -0.309. The summed E-state index contributed by atoms with van der Waals surface area (Å²) in [6, 6.07) is 4.64. The molecule has 0 amide bonds. The summed E-state index contributed by atoms with van der Waals surface area (Å²) in [6.07, 6.45) is 1.48. The van der Waals surface area contributed by atoms with Gasteiger partial charge in [0.1, 0.15) is 10.8 Å². The fourth-order valence-corrected chi connectivity index (χ4v) is 1.66. The largest absolute Gasteiger partial charge is 0.357 e. The molecule has 18 heavy (non-hydrogen) atoms. The first kappa shape index (κ1) is 12.6. The Hall–Kier alpha value is -1.88. The number of anilines is 3. The van der Waals surface area contributed by atoms with Crippen LogP contribution >= 0.6 is 11.6 Å².